The number of H-pyrrole nitrogens is 1. The molecule has 2 aromatic rings. The van der Waals surface area contributed by atoms with E-state index in [1.54, 1.807) is 0 Å². The number of anilines is 2. The number of hydrogen-bond donors (Lipinski definition) is 2. The molecule has 124 valence electrons. The van der Waals surface area contributed by atoms with Gasteiger partial charge in [0.1, 0.15) is 0 Å². The van der Waals surface area contributed by atoms with Gasteiger partial charge in [0.25, 0.3) is 5.56 Å². The van der Waals surface area contributed by atoms with Crippen LogP contribution in [0.2, 0.25) is 0 Å². The van der Waals surface area contributed by atoms with E-state index in [1.807, 2.05) is 45.9 Å². The number of benzene rings is 1. The van der Waals surface area contributed by atoms with E-state index >= 15 is 0 Å². The summed E-state index contributed by atoms with van der Waals surface area (Å²) < 4.78 is 11.1. The van der Waals surface area contributed by atoms with Gasteiger partial charge in [-0.1, -0.05) is 13.8 Å². The molecule has 0 spiro atoms. The number of nitrogens with zero attached hydrogens (tertiary/aromatic N) is 1. The Balaban J connectivity index is 2.29. The van der Waals surface area contributed by atoms with E-state index in [2.05, 4.69) is 15.3 Å². The largest absolute Gasteiger partial charge is 0.490 e. The number of hydrogen-bond acceptors (Lipinski definition) is 5. The van der Waals surface area contributed by atoms with Crippen LogP contribution in [-0.4, -0.2) is 23.2 Å². The lowest BCUT2D eigenvalue weighted by atomic mass is 10.1. The molecule has 0 amide bonds. The Bertz CT molecular complexity index is 710. The molecular formula is C17H23N3O3. The normalized spacial score (nSPS) is 10.7. The van der Waals surface area contributed by atoms with Gasteiger partial charge in [0.15, 0.2) is 11.5 Å². The second-order valence-corrected chi connectivity index (χ2v) is 5.33. The van der Waals surface area contributed by atoms with Crippen LogP contribution in [-0.2, 0) is 0 Å². The van der Waals surface area contributed by atoms with Crippen LogP contribution in [0.1, 0.15) is 39.3 Å². The van der Waals surface area contributed by atoms with Gasteiger partial charge in [-0.25, -0.2) is 4.98 Å². The minimum absolute atomic E-state index is 0.178. The van der Waals surface area contributed by atoms with Gasteiger partial charge in [-0.3, -0.25) is 9.78 Å². The number of aromatic nitrogens is 2. The van der Waals surface area contributed by atoms with Gasteiger partial charge in [0.05, 0.1) is 18.9 Å². The Labute approximate surface area is 135 Å². The van der Waals surface area contributed by atoms with Crippen molar-refractivity contribution >= 4 is 11.6 Å². The maximum atomic E-state index is 11.7. The van der Waals surface area contributed by atoms with Gasteiger partial charge >= 0.3 is 0 Å². The molecule has 0 aliphatic rings. The first kappa shape index (κ1) is 16.9. The van der Waals surface area contributed by atoms with Crippen LogP contribution in [0.5, 0.6) is 11.5 Å². The van der Waals surface area contributed by atoms with Gasteiger partial charge in [-0.15, -0.1) is 0 Å². The monoisotopic (exact) mass is 317 g/mol. The molecular weight excluding hydrogens is 294 g/mol. The standard InChI is InChI=1S/C17H23N3O3/c1-5-22-14-8-7-12(9-15(14)23-6-2)18-17-19-13(11(3)4)10-16(21)20-17/h7-11H,5-6H2,1-4H3,(H2,18,19,20,21). The molecule has 0 saturated heterocycles. The summed E-state index contributed by atoms with van der Waals surface area (Å²) in [4.78, 5) is 18.9. The Morgan fingerprint density at radius 3 is 2.48 bits per heavy atom. The molecule has 1 heterocycles. The highest BCUT2D eigenvalue weighted by molar-refractivity contribution is 5.59. The molecule has 6 heteroatoms. The molecule has 23 heavy (non-hydrogen) atoms. The highest BCUT2D eigenvalue weighted by Gasteiger charge is 2.09. The molecule has 2 rings (SSSR count). The van der Waals surface area contributed by atoms with Crippen LogP contribution in [0.4, 0.5) is 11.6 Å². The lowest BCUT2D eigenvalue weighted by molar-refractivity contribution is 0.288. The first-order valence-electron chi connectivity index (χ1n) is 7.81. The van der Waals surface area contributed by atoms with Crippen molar-refractivity contribution in [1.82, 2.24) is 9.97 Å². The third-order valence-corrected chi connectivity index (χ3v) is 3.16. The molecule has 0 aliphatic carbocycles. The Morgan fingerprint density at radius 1 is 1.13 bits per heavy atom. The van der Waals surface area contributed by atoms with Crippen LogP contribution in [0, 0.1) is 0 Å². The van der Waals surface area contributed by atoms with Crippen molar-refractivity contribution in [2.24, 2.45) is 0 Å². The summed E-state index contributed by atoms with van der Waals surface area (Å²) in [5, 5.41) is 3.11. The number of rotatable bonds is 7. The summed E-state index contributed by atoms with van der Waals surface area (Å²) in [7, 11) is 0. The Kier molecular flexibility index (Phi) is 5.62. The smallest absolute Gasteiger partial charge is 0.252 e. The summed E-state index contributed by atoms with van der Waals surface area (Å²) in [5.41, 5.74) is 1.33. The molecule has 0 aliphatic heterocycles. The topological polar surface area (TPSA) is 76.2 Å². The summed E-state index contributed by atoms with van der Waals surface area (Å²) in [6.07, 6.45) is 0. The van der Waals surface area contributed by atoms with Crippen LogP contribution in [0.15, 0.2) is 29.1 Å². The van der Waals surface area contributed by atoms with Crippen LogP contribution < -0.4 is 20.3 Å². The highest BCUT2D eigenvalue weighted by atomic mass is 16.5. The van der Waals surface area contributed by atoms with Crippen molar-refractivity contribution in [2.75, 3.05) is 18.5 Å². The average Bonchev–Trinajstić information content (AvgIpc) is 2.49. The minimum atomic E-state index is -0.179. The van der Waals surface area contributed by atoms with Crippen LogP contribution >= 0.6 is 0 Å². The predicted octanol–water partition coefficient (Wildman–Crippen LogP) is 3.43. The molecule has 2 N–H and O–H groups in total. The Morgan fingerprint density at radius 2 is 1.83 bits per heavy atom. The quantitative estimate of drug-likeness (QED) is 0.818. The van der Waals surface area contributed by atoms with Crippen molar-refractivity contribution in [2.45, 2.75) is 33.6 Å². The van der Waals surface area contributed by atoms with E-state index in [9.17, 15) is 4.79 Å². The molecule has 0 saturated carbocycles. The zero-order valence-corrected chi connectivity index (χ0v) is 14.0. The lowest BCUT2D eigenvalue weighted by Crippen LogP contribution is -2.12. The molecule has 1 aromatic carbocycles. The van der Waals surface area contributed by atoms with E-state index in [4.69, 9.17) is 9.47 Å². The third-order valence-electron chi connectivity index (χ3n) is 3.16. The first-order valence-corrected chi connectivity index (χ1v) is 7.81. The maximum absolute atomic E-state index is 11.7. The molecule has 0 radical (unpaired) electrons. The minimum Gasteiger partial charge on any atom is -0.490 e. The van der Waals surface area contributed by atoms with Gasteiger partial charge in [0, 0.05) is 17.8 Å². The van der Waals surface area contributed by atoms with Gasteiger partial charge in [0.2, 0.25) is 5.95 Å². The molecule has 1 aromatic heterocycles. The zero-order valence-electron chi connectivity index (χ0n) is 14.0. The lowest BCUT2D eigenvalue weighted by Gasteiger charge is -2.13. The van der Waals surface area contributed by atoms with Crippen molar-refractivity contribution < 1.29 is 9.47 Å². The van der Waals surface area contributed by atoms with E-state index < -0.39 is 0 Å². The van der Waals surface area contributed by atoms with Gasteiger partial charge in [-0.05, 0) is 31.9 Å². The predicted molar refractivity (Wildman–Crippen MR) is 91.0 cm³/mol. The third kappa shape index (κ3) is 4.48. The SMILES string of the molecule is CCOc1ccc(Nc2nc(C(C)C)cc(=O)[nH]2)cc1OCC. The Hall–Kier alpha value is -2.50. The van der Waals surface area contributed by atoms with E-state index in [-0.39, 0.29) is 11.5 Å². The average molecular weight is 317 g/mol. The summed E-state index contributed by atoms with van der Waals surface area (Å²) >= 11 is 0. The number of ether oxygens (including phenoxy) is 2. The fourth-order valence-electron chi connectivity index (χ4n) is 2.10. The summed E-state index contributed by atoms with van der Waals surface area (Å²) in [6.45, 7) is 8.94. The first-order chi connectivity index (χ1) is 11.0. The summed E-state index contributed by atoms with van der Waals surface area (Å²) in [6, 6.07) is 7.03. The van der Waals surface area contributed by atoms with Gasteiger partial charge in [-0.2, -0.15) is 0 Å². The van der Waals surface area contributed by atoms with E-state index in [0.29, 0.717) is 30.7 Å². The number of aromatic amines is 1. The number of nitrogens with one attached hydrogen (secondary N) is 2. The van der Waals surface area contributed by atoms with Crippen LogP contribution in [0.3, 0.4) is 0 Å². The van der Waals surface area contributed by atoms with Gasteiger partial charge < -0.3 is 14.8 Å². The van der Waals surface area contributed by atoms with E-state index in [0.717, 1.165) is 11.4 Å². The maximum Gasteiger partial charge on any atom is 0.252 e. The fourth-order valence-corrected chi connectivity index (χ4v) is 2.10. The van der Waals surface area contributed by atoms with Crippen LogP contribution in [0.25, 0.3) is 0 Å². The van der Waals surface area contributed by atoms with Crippen molar-refractivity contribution in [3.8, 4) is 11.5 Å². The summed E-state index contributed by atoms with van der Waals surface area (Å²) in [5.74, 6) is 1.93. The van der Waals surface area contributed by atoms with Crippen molar-refractivity contribution in [3.63, 3.8) is 0 Å². The second kappa shape index (κ2) is 7.67. The molecule has 0 fully saturated rings. The zero-order chi connectivity index (χ0) is 16.8. The van der Waals surface area contributed by atoms with Crippen molar-refractivity contribution in [3.05, 3.63) is 40.3 Å². The molecule has 0 unspecified atom stereocenters. The van der Waals surface area contributed by atoms with Crippen molar-refractivity contribution in [1.29, 1.82) is 0 Å². The fraction of sp³-hybridized carbons (Fsp3) is 0.412. The second-order valence-electron chi connectivity index (χ2n) is 5.33. The molecule has 0 atom stereocenters. The molecule has 6 nitrogen and oxygen atoms in total. The highest BCUT2D eigenvalue weighted by Crippen LogP contribution is 2.31. The molecule has 0 bridgehead atoms. The van der Waals surface area contributed by atoms with E-state index in [1.165, 1.54) is 6.07 Å².